The lowest BCUT2D eigenvalue weighted by Crippen LogP contribution is -2.10. The first-order valence-corrected chi connectivity index (χ1v) is 5.82. The summed E-state index contributed by atoms with van der Waals surface area (Å²) in [5.74, 6) is -0.0463. The molecule has 0 saturated carbocycles. The minimum Gasteiger partial charge on any atom is -0.491 e. The van der Waals surface area contributed by atoms with Crippen molar-refractivity contribution in [2.75, 3.05) is 33.5 Å². The van der Waals surface area contributed by atoms with Gasteiger partial charge >= 0.3 is 0 Å². The highest BCUT2D eigenvalue weighted by molar-refractivity contribution is 5.29. The third kappa shape index (κ3) is 5.00. The molecule has 0 amide bonds. The Bertz CT molecular complexity index is 355. The van der Waals surface area contributed by atoms with Crippen LogP contribution in [-0.2, 0) is 9.47 Å². The van der Waals surface area contributed by atoms with E-state index >= 15 is 0 Å². The number of benzene rings is 1. The molecule has 18 heavy (non-hydrogen) atoms. The highest BCUT2D eigenvalue weighted by Crippen LogP contribution is 2.21. The summed E-state index contributed by atoms with van der Waals surface area (Å²) >= 11 is 0. The number of ether oxygens (including phenoxy) is 3. The van der Waals surface area contributed by atoms with Crippen LogP contribution in [-0.4, -0.2) is 38.6 Å². The Morgan fingerprint density at radius 3 is 2.56 bits per heavy atom. The van der Waals surface area contributed by atoms with Crippen molar-refractivity contribution in [3.8, 4) is 5.75 Å². The van der Waals surface area contributed by atoms with Crippen LogP contribution in [0.25, 0.3) is 0 Å². The van der Waals surface area contributed by atoms with Crippen molar-refractivity contribution in [3.05, 3.63) is 29.6 Å². The van der Waals surface area contributed by atoms with Gasteiger partial charge in [0.2, 0.25) is 0 Å². The van der Waals surface area contributed by atoms with E-state index in [1.807, 2.05) is 0 Å². The van der Waals surface area contributed by atoms with Crippen molar-refractivity contribution in [2.24, 2.45) is 0 Å². The molecule has 102 valence electrons. The molecule has 5 heteroatoms. The molecule has 1 atom stereocenters. The fourth-order valence-corrected chi connectivity index (χ4v) is 1.40. The molecule has 1 N–H and O–H groups in total. The molecule has 0 heterocycles. The Balaban J connectivity index is 2.33. The second kappa shape index (κ2) is 8.02. The summed E-state index contributed by atoms with van der Waals surface area (Å²) in [7, 11) is 1.60. The lowest BCUT2D eigenvalue weighted by Gasteiger charge is -2.10. The number of hydrogen-bond donors (Lipinski definition) is 1. The average Bonchev–Trinajstić information content (AvgIpc) is 2.33. The van der Waals surface area contributed by atoms with E-state index < -0.39 is 11.9 Å². The third-order valence-corrected chi connectivity index (χ3v) is 2.35. The Kier molecular flexibility index (Phi) is 6.64. The van der Waals surface area contributed by atoms with Crippen LogP contribution in [0.5, 0.6) is 5.75 Å². The predicted molar refractivity (Wildman–Crippen MR) is 65.2 cm³/mol. The monoisotopic (exact) mass is 258 g/mol. The second-order valence-electron chi connectivity index (χ2n) is 3.81. The molecule has 1 unspecified atom stereocenters. The minimum atomic E-state index is -0.823. The maximum absolute atomic E-state index is 13.5. The van der Waals surface area contributed by atoms with E-state index in [-0.39, 0.29) is 5.56 Å². The van der Waals surface area contributed by atoms with Gasteiger partial charge in [0.25, 0.3) is 0 Å². The molecule has 0 aliphatic carbocycles. The van der Waals surface area contributed by atoms with Gasteiger partial charge in [-0.05, 0) is 19.1 Å². The smallest absolute Gasteiger partial charge is 0.132 e. The number of halogens is 1. The van der Waals surface area contributed by atoms with Crippen LogP contribution in [0.1, 0.15) is 18.6 Å². The third-order valence-electron chi connectivity index (χ3n) is 2.35. The number of hydrogen-bond acceptors (Lipinski definition) is 4. The van der Waals surface area contributed by atoms with E-state index in [4.69, 9.17) is 14.2 Å². The molecule has 0 spiro atoms. The molecule has 0 radical (unpaired) electrons. The molecule has 1 rings (SSSR count). The van der Waals surface area contributed by atoms with Crippen LogP contribution < -0.4 is 4.74 Å². The fraction of sp³-hybridized carbons (Fsp3) is 0.538. The first-order valence-electron chi connectivity index (χ1n) is 5.82. The highest BCUT2D eigenvalue weighted by Gasteiger charge is 2.08. The van der Waals surface area contributed by atoms with Crippen LogP contribution in [0.4, 0.5) is 4.39 Å². The van der Waals surface area contributed by atoms with Crippen molar-refractivity contribution >= 4 is 0 Å². The van der Waals surface area contributed by atoms with Gasteiger partial charge in [-0.15, -0.1) is 0 Å². The quantitative estimate of drug-likeness (QED) is 0.724. The predicted octanol–water partition coefficient (Wildman–Crippen LogP) is 1.92. The Morgan fingerprint density at radius 1 is 1.22 bits per heavy atom. The molecule has 0 aromatic heterocycles. The van der Waals surface area contributed by atoms with Crippen molar-refractivity contribution in [1.29, 1.82) is 0 Å². The van der Waals surface area contributed by atoms with Gasteiger partial charge < -0.3 is 19.3 Å². The van der Waals surface area contributed by atoms with Crippen molar-refractivity contribution < 1.29 is 23.7 Å². The summed E-state index contributed by atoms with van der Waals surface area (Å²) in [5, 5.41) is 9.28. The van der Waals surface area contributed by atoms with Gasteiger partial charge in [0, 0.05) is 18.7 Å². The van der Waals surface area contributed by atoms with Gasteiger partial charge in [-0.25, -0.2) is 4.39 Å². The van der Waals surface area contributed by atoms with Gasteiger partial charge in [-0.2, -0.15) is 0 Å². The number of rotatable bonds is 8. The van der Waals surface area contributed by atoms with E-state index in [9.17, 15) is 9.50 Å². The summed E-state index contributed by atoms with van der Waals surface area (Å²) < 4.78 is 28.8. The zero-order valence-corrected chi connectivity index (χ0v) is 10.7. The molecule has 0 saturated heterocycles. The van der Waals surface area contributed by atoms with Crippen molar-refractivity contribution in [2.45, 2.75) is 13.0 Å². The largest absolute Gasteiger partial charge is 0.491 e. The van der Waals surface area contributed by atoms with Gasteiger partial charge in [-0.3, -0.25) is 0 Å². The van der Waals surface area contributed by atoms with Crippen molar-refractivity contribution in [3.63, 3.8) is 0 Å². The van der Waals surface area contributed by atoms with E-state index in [2.05, 4.69) is 0 Å². The maximum atomic E-state index is 13.5. The second-order valence-corrected chi connectivity index (χ2v) is 3.81. The first kappa shape index (κ1) is 14.9. The summed E-state index contributed by atoms with van der Waals surface area (Å²) in [6.07, 6.45) is -0.823. The topological polar surface area (TPSA) is 47.9 Å². The van der Waals surface area contributed by atoms with E-state index in [0.29, 0.717) is 32.2 Å². The zero-order chi connectivity index (χ0) is 13.4. The fourth-order valence-electron chi connectivity index (χ4n) is 1.40. The molecule has 1 aromatic carbocycles. The number of methoxy groups -OCH3 is 1. The molecule has 0 aliphatic heterocycles. The Morgan fingerprint density at radius 2 is 1.94 bits per heavy atom. The molecule has 4 nitrogen and oxygen atoms in total. The summed E-state index contributed by atoms with van der Waals surface area (Å²) in [4.78, 5) is 0. The maximum Gasteiger partial charge on any atom is 0.132 e. The summed E-state index contributed by atoms with van der Waals surface area (Å²) in [5.41, 5.74) is 0.263. The van der Waals surface area contributed by atoms with Crippen LogP contribution in [0.3, 0.4) is 0 Å². The molecule has 0 aliphatic rings. The van der Waals surface area contributed by atoms with Crippen LogP contribution in [0, 0.1) is 5.82 Å². The van der Waals surface area contributed by atoms with Gasteiger partial charge in [0.05, 0.1) is 25.9 Å². The standard InChI is InChI=1S/C13H19FO4/c1-10(15)12-4-3-11(9-13(12)14)18-8-7-17-6-5-16-2/h3-4,9-10,15H,5-8H2,1-2H3. The molecule has 1 aromatic rings. The van der Waals surface area contributed by atoms with Crippen LogP contribution >= 0.6 is 0 Å². The normalized spacial score (nSPS) is 12.4. The number of aliphatic hydroxyl groups excluding tert-OH is 1. The van der Waals surface area contributed by atoms with Gasteiger partial charge in [0.15, 0.2) is 0 Å². The first-order chi connectivity index (χ1) is 8.65. The van der Waals surface area contributed by atoms with E-state index in [1.165, 1.54) is 19.1 Å². The molecule has 0 fully saturated rings. The Labute approximate surface area is 106 Å². The van der Waals surface area contributed by atoms with Crippen LogP contribution in [0.2, 0.25) is 0 Å². The van der Waals surface area contributed by atoms with E-state index in [1.54, 1.807) is 13.2 Å². The minimum absolute atomic E-state index is 0.263. The zero-order valence-electron chi connectivity index (χ0n) is 10.7. The summed E-state index contributed by atoms with van der Waals surface area (Å²) in [6, 6.07) is 4.40. The lowest BCUT2D eigenvalue weighted by atomic mass is 10.1. The van der Waals surface area contributed by atoms with Gasteiger partial charge in [-0.1, -0.05) is 0 Å². The van der Waals surface area contributed by atoms with E-state index in [0.717, 1.165) is 0 Å². The lowest BCUT2D eigenvalue weighted by molar-refractivity contribution is 0.0543. The molecular weight excluding hydrogens is 239 g/mol. The van der Waals surface area contributed by atoms with Gasteiger partial charge in [0.1, 0.15) is 18.2 Å². The van der Waals surface area contributed by atoms with Crippen LogP contribution in [0.15, 0.2) is 18.2 Å². The molecule has 0 bridgehead atoms. The Hall–Kier alpha value is -1.17. The number of aliphatic hydroxyl groups is 1. The summed E-state index contributed by atoms with van der Waals surface area (Å²) in [6.45, 7) is 3.33. The molecular formula is C13H19FO4. The average molecular weight is 258 g/mol. The highest BCUT2D eigenvalue weighted by atomic mass is 19.1. The van der Waals surface area contributed by atoms with Crippen molar-refractivity contribution in [1.82, 2.24) is 0 Å². The SMILES string of the molecule is COCCOCCOc1ccc(C(C)O)c(F)c1.